The van der Waals surface area contributed by atoms with Crippen LogP contribution in [-0.2, 0) is 11.2 Å². The monoisotopic (exact) mass is 252 g/mol. The van der Waals surface area contributed by atoms with Crippen molar-refractivity contribution in [1.29, 1.82) is 0 Å². The molecular formula is C10H9BrN2O. The second-order valence-electron chi connectivity index (χ2n) is 3.12. The first-order valence-electron chi connectivity index (χ1n) is 4.21. The average Bonchev–Trinajstić information content (AvgIpc) is 2.49. The minimum atomic E-state index is -0.314. The van der Waals surface area contributed by atoms with Gasteiger partial charge in [-0.2, -0.15) is 0 Å². The number of nitrogens with one attached hydrogen (secondary N) is 1. The van der Waals surface area contributed by atoms with Crippen molar-refractivity contribution in [2.75, 3.05) is 0 Å². The maximum atomic E-state index is 10.8. The maximum absolute atomic E-state index is 10.8. The summed E-state index contributed by atoms with van der Waals surface area (Å²) in [7, 11) is 0. The maximum Gasteiger partial charge on any atom is 0.221 e. The van der Waals surface area contributed by atoms with Crippen molar-refractivity contribution in [2.45, 2.75) is 6.42 Å². The van der Waals surface area contributed by atoms with Crippen molar-refractivity contribution in [2.24, 2.45) is 5.73 Å². The van der Waals surface area contributed by atoms with Gasteiger partial charge in [-0.15, -0.1) is 0 Å². The molecule has 3 N–H and O–H groups in total. The summed E-state index contributed by atoms with van der Waals surface area (Å²) in [6.45, 7) is 0. The number of hydrogen-bond donors (Lipinski definition) is 2. The van der Waals surface area contributed by atoms with Crippen LogP contribution in [-0.4, -0.2) is 10.9 Å². The number of rotatable bonds is 2. The van der Waals surface area contributed by atoms with Gasteiger partial charge in [0.15, 0.2) is 0 Å². The lowest BCUT2D eigenvalue weighted by molar-refractivity contribution is -0.117. The lowest BCUT2D eigenvalue weighted by atomic mass is 10.1. The SMILES string of the molecule is NC(=O)Cc1c[nH]c2c(Br)cccc12. The van der Waals surface area contributed by atoms with E-state index in [1.165, 1.54) is 0 Å². The van der Waals surface area contributed by atoms with Crippen LogP contribution < -0.4 is 5.73 Å². The van der Waals surface area contributed by atoms with E-state index >= 15 is 0 Å². The minimum Gasteiger partial charge on any atom is -0.369 e. The summed E-state index contributed by atoms with van der Waals surface area (Å²) in [6.07, 6.45) is 2.09. The normalized spacial score (nSPS) is 10.6. The molecule has 0 aliphatic rings. The summed E-state index contributed by atoms with van der Waals surface area (Å²) < 4.78 is 0.991. The largest absolute Gasteiger partial charge is 0.369 e. The van der Waals surface area contributed by atoms with Crippen LogP contribution in [0.15, 0.2) is 28.9 Å². The fourth-order valence-corrected chi connectivity index (χ4v) is 1.99. The molecular weight excluding hydrogens is 244 g/mol. The van der Waals surface area contributed by atoms with Crippen molar-refractivity contribution < 1.29 is 4.79 Å². The predicted octanol–water partition coefficient (Wildman–Crippen LogP) is 1.96. The highest BCUT2D eigenvalue weighted by Crippen LogP contribution is 2.25. The van der Waals surface area contributed by atoms with Gasteiger partial charge < -0.3 is 10.7 Å². The van der Waals surface area contributed by atoms with Gasteiger partial charge in [-0.1, -0.05) is 12.1 Å². The van der Waals surface area contributed by atoms with Crippen molar-refractivity contribution in [1.82, 2.24) is 4.98 Å². The molecule has 2 rings (SSSR count). The van der Waals surface area contributed by atoms with E-state index in [-0.39, 0.29) is 12.3 Å². The van der Waals surface area contributed by atoms with Crippen LogP contribution >= 0.6 is 15.9 Å². The molecule has 0 atom stereocenters. The Hall–Kier alpha value is -1.29. The molecule has 3 nitrogen and oxygen atoms in total. The number of H-pyrrole nitrogens is 1. The third-order valence-electron chi connectivity index (χ3n) is 2.11. The summed E-state index contributed by atoms with van der Waals surface area (Å²) >= 11 is 3.43. The number of aromatic amines is 1. The van der Waals surface area contributed by atoms with E-state index in [2.05, 4.69) is 20.9 Å². The van der Waals surface area contributed by atoms with Gasteiger partial charge in [-0.05, 0) is 27.6 Å². The van der Waals surface area contributed by atoms with Crippen LogP contribution in [0.1, 0.15) is 5.56 Å². The van der Waals surface area contributed by atoms with Crippen LogP contribution in [0.4, 0.5) is 0 Å². The average molecular weight is 253 g/mol. The van der Waals surface area contributed by atoms with Gasteiger partial charge >= 0.3 is 0 Å². The molecule has 2 aromatic rings. The number of nitrogens with two attached hydrogens (primary N) is 1. The standard InChI is InChI=1S/C10H9BrN2O/c11-8-3-1-2-7-6(4-9(12)14)5-13-10(7)8/h1-3,5,13H,4H2,(H2,12,14). The van der Waals surface area contributed by atoms with Gasteiger partial charge in [0.1, 0.15) is 0 Å². The van der Waals surface area contributed by atoms with Gasteiger partial charge in [0, 0.05) is 16.1 Å². The number of para-hydroxylation sites is 1. The van der Waals surface area contributed by atoms with E-state index in [0.717, 1.165) is 20.9 Å². The molecule has 0 fully saturated rings. The van der Waals surface area contributed by atoms with E-state index in [0.29, 0.717) is 0 Å². The molecule has 1 heterocycles. The minimum absolute atomic E-state index is 0.274. The van der Waals surface area contributed by atoms with E-state index in [1.54, 1.807) is 0 Å². The Morgan fingerprint density at radius 1 is 1.50 bits per heavy atom. The third kappa shape index (κ3) is 1.53. The number of hydrogen-bond acceptors (Lipinski definition) is 1. The first-order valence-corrected chi connectivity index (χ1v) is 5.00. The van der Waals surface area contributed by atoms with Crippen molar-refractivity contribution in [3.63, 3.8) is 0 Å². The molecule has 1 aromatic heterocycles. The molecule has 0 aliphatic heterocycles. The van der Waals surface area contributed by atoms with Gasteiger partial charge in [-0.3, -0.25) is 4.79 Å². The van der Waals surface area contributed by atoms with Crippen LogP contribution in [0, 0.1) is 0 Å². The summed E-state index contributed by atoms with van der Waals surface area (Å²) in [5, 5.41) is 1.04. The highest BCUT2D eigenvalue weighted by atomic mass is 79.9. The fraction of sp³-hybridized carbons (Fsp3) is 0.100. The Morgan fingerprint density at radius 3 is 3.00 bits per heavy atom. The number of carbonyl (C=O) groups excluding carboxylic acids is 1. The highest BCUT2D eigenvalue weighted by molar-refractivity contribution is 9.10. The molecule has 4 heteroatoms. The number of amides is 1. The molecule has 0 aliphatic carbocycles. The summed E-state index contributed by atoms with van der Waals surface area (Å²) in [5.74, 6) is -0.314. The zero-order chi connectivity index (χ0) is 10.1. The number of primary amides is 1. The molecule has 0 saturated heterocycles. The lowest BCUT2D eigenvalue weighted by Crippen LogP contribution is -2.13. The molecule has 0 radical (unpaired) electrons. The van der Waals surface area contributed by atoms with Gasteiger partial charge in [-0.25, -0.2) is 0 Å². The zero-order valence-corrected chi connectivity index (χ0v) is 8.97. The molecule has 0 unspecified atom stereocenters. The molecule has 0 bridgehead atoms. The van der Waals surface area contributed by atoms with Crippen molar-refractivity contribution in [3.8, 4) is 0 Å². The summed E-state index contributed by atoms with van der Waals surface area (Å²) in [6, 6.07) is 5.85. The Kier molecular flexibility index (Phi) is 2.29. The Morgan fingerprint density at radius 2 is 2.29 bits per heavy atom. The first-order chi connectivity index (χ1) is 6.68. The van der Waals surface area contributed by atoms with E-state index in [1.807, 2.05) is 24.4 Å². The van der Waals surface area contributed by atoms with Crippen molar-refractivity contribution >= 4 is 32.7 Å². The molecule has 1 aromatic carbocycles. The van der Waals surface area contributed by atoms with Crippen molar-refractivity contribution in [3.05, 3.63) is 34.4 Å². The number of halogens is 1. The van der Waals surface area contributed by atoms with Gasteiger partial charge in [0.25, 0.3) is 0 Å². The first kappa shape index (κ1) is 9.27. The van der Waals surface area contributed by atoms with Crippen LogP contribution in [0.25, 0.3) is 10.9 Å². The Labute approximate surface area is 89.4 Å². The molecule has 72 valence electrons. The van der Waals surface area contributed by atoms with Crippen LogP contribution in [0.5, 0.6) is 0 Å². The molecule has 0 spiro atoms. The topological polar surface area (TPSA) is 58.9 Å². The second kappa shape index (κ2) is 3.46. The number of aromatic nitrogens is 1. The van der Waals surface area contributed by atoms with E-state index in [4.69, 9.17) is 5.73 Å². The number of fused-ring (bicyclic) bond motifs is 1. The predicted molar refractivity (Wildman–Crippen MR) is 58.9 cm³/mol. The number of carbonyl (C=O) groups is 1. The second-order valence-corrected chi connectivity index (χ2v) is 3.97. The van der Waals surface area contributed by atoms with E-state index < -0.39 is 0 Å². The lowest BCUT2D eigenvalue weighted by Gasteiger charge is -1.96. The van der Waals surface area contributed by atoms with Crippen LogP contribution in [0.2, 0.25) is 0 Å². The fourth-order valence-electron chi connectivity index (χ4n) is 1.51. The zero-order valence-electron chi connectivity index (χ0n) is 7.38. The summed E-state index contributed by atoms with van der Waals surface area (Å²) in [4.78, 5) is 13.9. The third-order valence-corrected chi connectivity index (χ3v) is 2.78. The summed E-state index contributed by atoms with van der Waals surface area (Å²) in [5.41, 5.74) is 7.09. The Balaban J connectivity index is 2.58. The van der Waals surface area contributed by atoms with Gasteiger partial charge in [0.05, 0.1) is 11.9 Å². The molecule has 14 heavy (non-hydrogen) atoms. The quantitative estimate of drug-likeness (QED) is 0.844. The smallest absolute Gasteiger partial charge is 0.221 e. The molecule has 0 saturated carbocycles. The highest BCUT2D eigenvalue weighted by Gasteiger charge is 2.07. The van der Waals surface area contributed by atoms with Gasteiger partial charge in [0.2, 0.25) is 5.91 Å². The number of benzene rings is 1. The van der Waals surface area contributed by atoms with E-state index in [9.17, 15) is 4.79 Å². The molecule has 1 amide bonds. The van der Waals surface area contributed by atoms with Crippen LogP contribution in [0.3, 0.4) is 0 Å². The Bertz CT molecular complexity index is 490.